The third kappa shape index (κ3) is 3.81. The van der Waals surface area contributed by atoms with Crippen LogP contribution in [0.2, 0.25) is 0 Å². The first-order chi connectivity index (χ1) is 19.3. The van der Waals surface area contributed by atoms with Gasteiger partial charge in [-0.2, -0.15) is 0 Å². The normalized spacial score (nSPS) is 26.6. The fourth-order valence-electron chi connectivity index (χ4n) is 6.46. The molecule has 2 aromatic heterocycles. The van der Waals surface area contributed by atoms with Crippen molar-refractivity contribution in [1.29, 1.82) is 0 Å². The number of nitrogens with zero attached hydrogens (tertiary/aromatic N) is 4. The number of pyridine rings is 1. The molecule has 3 aliphatic heterocycles. The zero-order chi connectivity index (χ0) is 27.8. The van der Waals surface area contributed by atoms with Crippen molar-refractivity contribution in [2.45, 2.75) is 25.3 Å². The predicted octanol–water partition coefficient (Wildman–Crippen LogP) is 3.31. The predicted molar refractivity (Wildman–Crippen MR) is 141 cm³/mol. The number of amides is 1. The first-order valence-electron chi connectivity index (χ1n) is 12.9. The monoisotopic (exact) mass is 560 g/mol. The third-order valence-corrected chi connectivity index (χ3v) is 8.72. The summed E-state index contributed by atoms with van der Waals surface area (Å²) in [4.78, 5) is 62.4. The number of aliphatic imine (C=N–C) groups is 1. The largest absolute Gasteiger partial charge is 0.457 e. The summed E-state index contributed by atoms with van der Waals surface area (Å²) in [6.07, 6.45) is 10.3. The quantitative estimate of drug-likeness (QED) is 0.419. The minimum atomic E-state index is -1.06. The van der Waals surface area contributed by atoms with Crippen LogP contribution in [0.5, 0.6) is 0 Å². The lowest BCUT2D eigenvalue weighted by Gasteiger charge is -2.41. The molecule has 40 heavy (non-hydrogen) atoms. The standard InChI is InChI=1S/C29H22ClFN4O5/c30-21-10-32-9-19-25(18-5-17(36)6-22(31)26(18)21)20(12-35-24(38)7-29(3-4-29)27(19)35)28(39)40-13-23(37)15-1-2-16-8-33-14-34(16)11-15/h1-2,5-6,8,10-11,14,20,27H,3-4,7,9,12-13H2/b26-21-,32-10?. The molecule has 5 heterocycles. The molecule has 0 aromatic carbocycles. The number of carbonyl (C=O) groups excluding carboxylic acids is 4. The van der Waals surface area contributed by atoms with E-state index in [-0.39, 0.29) is 46.6 Å². The van der Waals surface area contributed by atoms with Crippen LogP contribution in [0.1, 0.15) is 29.6 Å². The first kappa shape index (κ1) is 24.8. The molecule has 0 bridgehead atoms. The van der Waals surface area contributed by atoms with E-state index < -0.39 is 35.9 Å². The highest BCUT2D eigenvalue weighted by Gasteiger charge is 2.62. The van der Waals surface area contributed by atoms with Crippen molar-refractivity contribution in [2.75, 3.05) is 19.7 Å². The van der Waals surface area contributed by atoms with Crippen molar-refractivity contribution in [3.8, 4) is 0 Å². The number of imidazole rings is 1. The van der Waals surface area contributed by atoms with Crippen molar-refractivity contribution in [2.24, 2.45) is 16.3 Å². The van der Waals surface area contributed by atoms with Crippen LogP contribution in [-0.2, 0) is 19.1 Å². The highest BCUT2D eigenvalue weighted by molar-refractivity contribution is 6.40. The van der Waals surface area contributed by atoms with Crippen molar-refractivity contribution in [3.63, 3.8) is 0 Å². The number of carbonyl (C=O) groups is 4. The number of Topliss-reactive ketones (excluding diaryl/α,β-unsaturated/α-hetero) is 1. The van der Waals surface area contributed by atoms with Crippen molar-refractivity contribution < 1.29 is 28.3 Å². The lowest BCUT2D eigenvalue weighted by molar-refractivity contribution is -0.147. The van der Waals surface area contributed by atoms with E-state index in [1.165, 1.54) is 12.3 Å². The van der Waals surface area contributed by atoms with Crippen LogP contribution in [0.4, 0.5) is 4.39 Å². The van der Waals surface area contributed by atoms with Gasteiger partial charge in [-0.25, -0.2) is 9.37 Å². The Balaban J connectivity index is 1.27. The second-order valence-corrected chi connectivity index (χ2v) is 11.2. The molecule has 2 atom stereocenters. The van der Waals surface area contributed by atoms with Gasteiger partial charge in [0.1, 0.15) is 11.7 Å². The average molecular weight is 561 g/mol. The highest BCUT2D eigenvalue weighted by atomic mass is 35.5. The molecule has 2 aromatic rings. The van der Waals surface area contributed by atoms with Crippen molar-refractivity contribution >= 4 is 46.8 Å². The smallest absolute Gasteiger partial charge is 0.315 e. The maximum atomic E-state index is 15.2. The Labute approximate surface area is 232 Å². The summed E-state index contributed by atoms with van der Waals surface area (Å²) in [6.45, 7) is -0.420. The fraction of sp³-hybridized carbons (Fsp3) is 0.310. The summed E-state index contributed by atoms with van der Waals surface area (Å²) in [5.74, 6) is -3.71. The molecule has 2 unspecified atom stereocenters. The number of hydrogen-bond donors (Lipinski definition) is 0. The first-order valence-corrected chi connectivity index (χ1v) is 13.3. The summed E-state index contributed by atoms with van der Waals surface area (Å²) < 4.78 is 22.4. The zero-order valence-electron chi connectivity index (χ0n) is 21.1. The van der Waals surface area contributed by atoms with Crippen molar-refractivity contribution in [1.82, 2.24) is 14.3 Å². The molecular weight excluding hydrogens is 539 g/mol. The van der Waals surface area contributed by atoms with Gasteiger partial charge in [0.05, 0.1) is 35.7 Å². The average Bonchev–Trinajstić information content (AvgIpc) is 3.42. The Morgan fingerprint density at radius 1 is 1.20 bits per heavy atom. The molecule has 2 aliphatic carbocycles. The zero-order valence-corrected chi connectivity index (χ0v) is 21.9. The van der Waals surface area contributed by atoms with E-state index in [4.69, 9.17) is 16.3 Å². The summed E-state index contributed by atoms with van der Waals surface area (Å²) in [7, 11) is 0. The summed E-state index contributed by atoms with van der Waals surface area (Å²) in [5.41, 5.74) is 2.13. The lowest BCUT2D eigenvalue weighted by atomic mass is 9.74. The van der Waals surface area contributed by atoms with E-state index in [0.29, 0.717) is 23.1 Å². The van der Waals surface area contributed by atoms with Gasteiger partial charge in [0, 0.05) is 48.0 Å². The fourth-order valence-corrected chi connectivity index (χ4v) is 6.73. The van der Waals surface area contributed by atoms with Crippen LogP contribution in [0.25, 0.3) is 5.52 Å². The summed E-state index contributed by atoms with van der Waals surface area (Å²) >= 11 is 6.42. The van der Waals surface area contributed by atoms with E-state index in [1.54, 1.807) is 40.2 Å². The number of fused-ring (bicyclic) bond motifs is 6. The molecule has 1 saturated carbocycles. The number of ether oxygens (including phenoxy) is 1. The number of rotatable bonds is 4. The summed E-state index contributed by atoms with van der Waals surface area (Å²) in [6, 6.07) is 3.04. The van der Waals surface area contributed by atoms with Gasteiger partial charge in [-0.05, 0) is 47.8 Å². The number of halogens is 2. The van der Waals surface area contributed by atoms with Gasteiger partial charge in [-0.15, -0.1) is 0 Å². The van der Waals surface area contributed by atoms with Gasteiger partial charge in [0.2, 0.25) is 11.7 Å². The van der Waals surface area contributed by atoms with Crippen LogP contribution in [0.15, 0.2) is 81.1 Å². The Bertz CT molecular complexity index is 1710. The van der Waals surface area contributed by atoms with Crippen LogP contribution >= 0.6 is 11.6 Å². The van der Waals surface area contributed by atoms with Gasteiger partial charge in [-0.1, -0.05) is 11.6 Å². The van der Waals surface area contributed by atoms with Gasteiger partial charge < -0.3 is 14.0 Å². The molecule has 2 fully saturated rings. The maximum absolute atomic E-state index is 15.2. The van der Waals surface area contributed by atoms with Crippen molar-refractivity contribution in [3.05, 3.63) is 81.7 Å². The second kappa shape index (κ2) is 8.92. The number of hydrogen-bond acceptors (Lipinski definition) is 7. The topological polar surface area (TPSA) is 110 Å². The Morgan fingerprint density at radius 2 is 2.02 bits per heavy atom. The molecule has 11 heteroatoms. The Morgan fingerprint density at radius 3 is 2.83 bits per heavy atom. The minimum absolute atomic E-state index is 0.00213. The highest BCUT2D eigenvalue weighted by Crippen LogP contribution is 2.62. The molecule has 1 spiro atoms. The third-order valence-electron chi connectivity index (χ3n) is 8.43. The van der Waals surface area contributed by atoms with Gasteiger partial charge in [0.15, 0.2) is 12.4 Å². The molecule has 0 N–H and O–H groups in total. The van der Waals surface area contributed by atoms with Gasteiger partial charge in [-0.3, -0.25) is 24.2 Å². The second-order valence-electron chi connectivity index (χ2n) is 10.8. The Hall–Kier alpha value is -4.18. The number of allylic oxidation sites excluding steroid dienone is 6. The lowest BCUT2D eigenvalue weighted by Crippen LogP contribution is -2.49. The molecule has 7 rings (SSSR count). The molecule has 9 nitrogen and oxygen atoms in total. The molecule has 1 saturated heterocycles. The van der Waals surface area contributed by atoms with E-state index in [9.17, 15) is 19.2 Å². The van der Waals surface area contributed by atoms with Crippen LogP contribution in [-0.4, -0.2) is 69.7 Å². The van der Waals surface area contributed by atoms with Crippen LogP contribution in [0, 0.1) is 11.3 Å². The molecule has 5 aliphatic rings. The number of aromatic nitrogens is 2. The SMILES string of the molecule is O=C1C=C(F)/C2=C(\Cl)C=NCC3=C(C2=C1)C(C(=O)OCC(=O)c1ccc2cncn2c1)CN1C(=O)CC2(CC2)C31. The molecular formula is C29H22ClFN4O5. The van der Waals surface area contributed by atoms with Crippen LogP contribution in [0.3, 0.4) is 0 Å². The summed E-state index contributed by atoms with van der Waals surface area (Å²) in [5, 5.41) is 0.00213. The van der Waals surface area contributed by atoms with E-state index in [1.807, 2.05) is 0 Å². The van der Waals surface area contributed by atoms with E-state index in [2.05, 4.69) is 9.98 Å². The molecule has 0 radical (unpaired) electrons. The van der Waals surface area contributed by atoms with Gasteiger partial charge in [0.25, 0.3) is 0 Å². The Kier molecular flexibility index (Phi) is 5.54. The van der Waals surface area contributed by atoms with Gasteiger partial charge >= 0.3 is 5.97 Å². The van der Waals surface area contributed by atoms with E-state index in [0.717, 1.165) is 24.4 Å². The minimum Gasteiger partial charge on any atom is -0.457 e. The molecule has 1 amide bonds. The van der Waals surface area contributed by atoms with Crippen LogP contribution < -0.4 is 0 Å². The van der Waals surface area contributed by atoms with E-state index >= 15 is 4.39 Å². The maximum Gasteiger partial charge on any atom is 0.315 e. The number of esters is 1. The number of ketones is 2. The molecule has 202 valence electrons.